The minimum atomic E-state index is -0.0424. The molecule has 0 aromatic heterocycles. The summed E-state index contributed by atoms with van der Waals surface area (Å²) in [6, 6.07) is 5.54. The summed E-state index contributed by atoms with van der Waals surface area (Å²) in [5, 5.41) is 18.5. The number of benzene rings is 1. The fourth-order valence-corrected chi connectivity index (χ4v) is 2.28. The van der Waals surface area contributed by atoms with Gasteiger partial charge in [-0.05, 0) is 30.5 Å². The van der Waals surface area contributed by atoms with Crippen molar-refractivity contribution in [2.45, 2.75) is 58.3 Å². The van der Waals surface area contributed by atoms with Crippen LogP contribution in [0.15, 0.2) is 18.2 Å². The Balaban J connectivity index is 2.22. The average molecular weight is 280 g/mol. The van der Waals surface area contributed by atoms with Crippen LogP contribution in [0.2, 0.25) is 0 Å². The summed E-state index contributed by atoms with van der Waals surface area (Å²) in [5.74, 6) is 0.612. The lowest BCUT2D eigenvalue weighted by Crippen LogP contribution is -2.01. The number of rotatable bonds is 11. The van der Waals surface area contributed by atoms with E-state index in [1.54, 1.807) is 12.1 Å². The Labute approximate surface area is 122 Å². The van der Waals surface area contributed by atoms with Gasteiger partial charge in [-0.15, -0.1) is 0 Å². The molecule has 1 aromatic carbocycles. The number of phenolic OH excluding ortho intramolecular Hbond substituents is 1. The molecule has 0 heterocycles. The highest BCUT2D eigenvalue weighted by Crippen LogP contribution is 2.27. The van der Waals surface area contributed by atoms with Crippen molar-refractivity contribution in [1.29, 1.82) is 0 Å². The number of aromatic hydroxyl groups is 1. The molecular weight excluding hydrogens is 252 g/mol. The fraction of sp³-hybridized carbons (Fsp3) is 0.647. The lowest BCUT2D eigenvalue weighted by Gasteiger charge is -2.08. The molecule has 0 aliphatic rings. The molecule has 1 aromatic rings. The minimum Gasteiger partial charge on any atom is -0.504 e. The minimum absolute atomic E-state index is 0.0424. The summed E-state index contributed by atoms with van der Waals surface area (Å²) in [5.41, 5.74) is 1.15. The van der Waals surface area contributed by atoms with Crippen molar-refractivity contribution < 1.29 is 14.9 Å². The van der Waals surface area contributed by atoms with Gasteiger partial charge in [-0.3, -0.25) is 0 Å². The van der Waals surface area contributed by atoms with Crippen LogP contribution >= 0.6 is 0 Å². The van der Waals surface area contributed by atoms with E-state index in [0.717, 1.165) is 12.0 Å². The first-order valence-electron chi connectivity index (χ1n) is 7.83. The van der Waals surface area contributed by atoms with Gasteiger partial charge in [0.2, 0.25) is 0 Å². The van der Waals surface area contributed by atoms with E-state index in [1.807, 2.05) is 6.07 Å². The Morgan fingerprint density at radius 2 is 1.70 bits per heavy atom. The number of unbranched alkanes of at least 4 members (excludes halogenated alkanes) is 6. The third-order valence-electron chi connectivity index (χ3n) is 3.44. The van der Waals surface area contributed by atoms with Gasteiger partial charge < -0.3 is 14.9 Å². The molecule has 1 rings (SSSR count). The smallest absolute Gasteiger partial charge is 0.161 e. The van der Waals surface area contributed by atoms with Crippen LogP contribution in [-0.4, -0.2) is 23.4 Å². The fourth-order valence-electron chi connectivity index (χ4n) is 2.28. The van der Waals surface area contributed by atoms with Crippen molar-refractivity contribution in [3.05, 3.63) is 23.8 Å². The molecule has 3 nitrogen and oxygen atoms in total. The third-order valence-corrected chi connectivity index (χ3v) is 3.44. The van der Waals surface area contributed by atoms with Gasteiger partial charge in [0.15, 0.2) is 11.5 Å². The maximum absolute atomic E-state index is 9.81. The summed E-state index contributed by atoms with van der Waals surface area (Å²) < 4.78 is 5.22. The largest absolute Gasteiger partial charge is 0.504 e. The number of phenols is 1. The van der Waals surface area contributed by atoms with E-state index in [9.17, 15) is 5.11 Å². The Morgan fingerprint density at radius 1 is 1.00 bits per heavy atom. The third kappa shape index (κ3) is 6.80. The molecule has 0 bridgehead atoms. The number of aliphatic hydroxyl groups excluding tert-OH is 1. The predicted molar refractivity (Wildman–Crippen MR) is 82.4 cm³/mol. The van der Waals surface area contributed by atoms with Crippen LogP contribution in [0.4, 0.5) is 0 Å². The standard InChI is InChI=1S/C17H28O3/c1-2-3-4-5-6-7-8-9-15-10-11-17(16(19)14-15)20-13-12-18/h10-11,14,18-19H,2-9,12-13H2,1H3. The highest BCUT2D eigenvalue weighted by Gasteiger charge is 2.03. The van der Waals surface area contributed by atoms with Gasteiger partial charge in [0, 0.05) is 0 Å². The average Bonchev–Trinajstić information content (AvgIpc) is 2.45. The van der Waals surface area contributed by atoms with Gasteiger partial charge in [-0.2, -0.15) is 0 Å². The van der Waals surface area contributed by atoms with E-state index < -0.39 is 0 Å². The maximum atomic E-state index is 9.81. The quantitative estimate of drug-likeness (QED) is 0.601. The molecule has 20 heavy (non-hydrogen) atoms. The first-order valence-corrected chi connectivity index (χ1v) is 7.83. The molecule has 0 saturated heterocycles. The highest BCUT2D eigenvalue weighted by molar-refractivity contribution is 5.41. The molecule has 0 atom stereocenters. The summed E-state index contributed by atoms with van der Waals surface area (Å²) in [4.78, 5) is 0. The molecule has 2 N–H and O–H groups in total. The van der Waals surface area contributed by atoms with Crippen LogP contribution < -0.4 is 4.74 Å². The zero-order chi connectivity index (χ0) is 14.6. The van der Waals surface area contributed by atoms with Crippen molar-refractivity contribution in [3.63, 3.8) is 0 Å². The van der Waals surface area contributed by atoms with Crippen molar-refractivity contribution in [2.24, 2.45) is 0 Å². The van der Waals surface area contributed by atoms with Gasteiger partial charge in [-0.1, -0.05) is 51.5 Å². The summed E-state index contributed by atoms with van der Waals surface area (Å²) >= 11 is 0. The molecule has 0 saturated carbocycles. The van der Waals surface area contributed by atoms with Crippen LogP contribution in [0.3, 0.4) is 0 Å². The molecule has 0 spiro atoms. The molecular formula is C17H28O3. The van der Waals surface area contributed by atoms with Gasteiger partial charge in [0.1, 0.15) is 6.61 Å². The number of hydrogen-bond donors (Lipinski definition) is 2. The van der Waals surface area contributed by atoms with E-state index in [4.69, 9.17) is 9.84 Å². The van der Waals surface area contributed by atoms with E-state index in [2.05, 4.69) is 6.92 Å². The summed E-state index contributed by atoms with van der Waals surface area (Å²) in [6.07, 6.45) is 10.1. The second kappa shape index (κ2) is 10.6. The Hall–Kier alpha value is -1.22. The monoisotopic (exact) mass is 280 g/mol. The number of aliphatic hydroxyl groups is 1. The first kappa shape index (κ1) is 16.8. The lowest BCUT2D eigenvalue weighted by atomic mass is 10.0. The molecule has 0 fully saturated rings. The van der Waals surface area contributed by atoms with Crippen LogP contribution in [-0.2, 0) is 6.42 Å². The van der Waals surface area contributed by atoms with E-state index >= 15 is 0 Å². The van der Waals surface area contributed by atoms with Crippen LogP contribution in [0.1, 0.15) is 57.4 Å². The van der Waals surface area contributed by atoms with Crippen molar-refractivity contribution in [1.82, 2.24) is 0 Å². The first-order chi connectivity index (χ1) is 9.77. The SMILES string of the molecule is CCCCCCCCCc1ccc(OCCO)c(O)c1. The van der Waals surface area contributed by atoms with E-state index in [-0.39, 0.29) is 19.0 Å². The van der Waals surface area contributed by atoms with Gasteiger partial charge in [-0.25, -0.2) is 0 Å². The van der Waals surface area contributed by atoms with Crippen LogP contribution in [0, 0.1) is 0 Å². The zero-order valence-corrected chi connectivity index (χ0v) is 12.6. The normalized spacial score (nSPS) is 10.7. The molecule has 0 amide bonds. The zero-order valence-electron chi connectivity index (χ0n) is 12.6. The highest BCUT2D eigenvalue weighted by atomic mass is 16.5. The Kier molecular flexibility index (Phi) is 8.88. The Morgan fingerprint density at radius 3 is 2.35 bits per heavy atom. The molecule has 0 radical (unpaired) electrons. The summed E-state index contributed by atoms with van der Waals surface area (Å²) in [7, 11) is 0. The van der Waals surface area contributed by atoms with E-state index in [0.29, 0.717) is 5.75 Å². The number of ether oxygens (including phenoxy) is 1. The second-order valence-electron chi connectivity index (χ2n) is 5.25. The van der Waals surface area contributed by atoms with E-state index in [1.165, 1.54) is 44.9 Å². The Bertz CT molecular complexity index is 363. The predicted octanol–water partition coefficient (Wildman–Crippen LogP) is 4.06. The van der Waals surface area contributed by atoms with Gasteiger partial charge >= 0.3 is 0 Å². The van der Waals surface area contributed by atoms with Crippen molar-refractivity contribution in [2.75, 3.05) is 13.2 Å². The number of hydrogen-bond acceptors (Lipinski definition) is 3. The van der Waals surface area contributed by atoms with Gasteiger partial charge in [0.05, 0.1) is 6.61 Å². The molecule has 114 valence electrons. The molecule has 0 aliphatic heterocycles. The van der Waals surface area contributed by atoms with Crippen molar-refractivity contribution >= 4 is 0 Å². The lowest BCUT2D eigenvalue weighted by molar-refractivity contribution is 0.197. The topological polar surface area (TPSA) is 49.7 Å². The molecule has 0 unspecified atom stereocenters. The second-order valence-corrected chi connectivity index (χ2v) is 5.25. The molecule has 0 aliphatic carbocycles. The van der Waals surface area contributed by atoms with Crippen LogP contribution in [0.25, 0.3) is 0 Å². The summed E-state index contributed by atoms with van der Waals surface area (Å²) in [6.45, 7) is 2.41. The maximum Gasteiger partial charge on any atom is 0.161 e. The van der Waals surface area contributed by atoms with Crippen molar-refractivity contribution in [3.8, 4) is 11.5 Å². The van der Waals surface area contributed by atoms with Crippen LogP contribution in [0.5, 0.6) is 11.5 Å². The molecule has 3 heteroatoms. The number of aryl methyl sites for hydroxylation is 1. The van der Waals surface area contributed by atoms with Gasteiger partial charge in [0.25, 0.3) is 0 Å².